The van der Waals surface area contributed by atoms with E-state index in [4.69, 9.17) is 11.6 Å². The van der Waals surface area contributed by atoms with Crippen molar-refractivity contribution < 1.29 is 9.59 Å². The Morgan fingerprint density at radius 1 is 1.16 bits per heavy atom. The van der Waals surface area contributed by atoms with Gasteiger partial charge in [-0.3, -0.25) is 9.59 Å². The van der Waals surface area contributed by atoms with E-state index in [9.17, 15) is 9.59 Å². The van der Waals surface area contributed by atoms with E-state index in [0.717, 1.165) is 32.6 Å². The van der Waals surface area contributed by atoms with Crippen molar-refractivity contribution in [3.63, 3.8) is 0 Å². The molecule has 6 heteroatoms. The molecule has 0 atom stereocenters. The fourth-order valence-corrected chi connectivity index (χ4v) is 2.93. The Morgan fingerprint density at radius 3 is 2.40 bits per heavy atom. The van der Waals surface area contributed by atoms with Crippen LogP contribution in [0.25, 0.3) is 0 Å². The van der Waals surface area contributed by atoms with E-state index in [1.54, 1.807) is 29.2 Å². The summed E-state index contributed by atoms with van der Waals surface area (Å²) in [7, 11) is 0. The van der Waals surface area contributed by atoms with E-state index in [0.29, 0.717) is 36.0 Å². The van der Waals surface area contributed by atoms with Gasteiger partial charge in [0, 0.05) is 56.3 Å². The van der Waals surface area contributed by atoms with Gasteiger partial charge in [-0.15, -0.1) is 0 Å². The quantitative estimate of drug-likeness (QED) is 0.808. The summed E-state index contributed by atoms with van der Waals surface area (Å²) in [4.78, 5) is 28.9. The number of carbonyl (C=O) groups is 2. The summed E-state index contributed by atoms with van der Waals surface area (Å²) in [5.41, 5.74) is 0.614. The Labute approximate surface area is 155 Å². The number of benzene rings is 1. The van der Waals surface area contributed by atoms with Crippen LogP contribution >= 0.6 is 11.6 Å². The van der Waals surface area contributed by atoms with Crippen LogP contribution in [0, 0.1) is 5.92 Å². The Morgan fingerprint density at radius 2 is 1.80 bits per heavy atom. The molecule has 0 radical (unpaired) electrons. The van der Waals surface area contributed by atoms with Crippen LogP contribution in [0.5, 0.6) is 0 Å². The largest absolute Gasteiger partial charge is 0.340 e. The number of hydrogen-bond acceptors (Lipinski definition) is 3. The van der Waals surface area contributed by atoms with Crippen molar-refractivity contribution in [3.8, 4) is 0 Å². The second-order valence-corrected chi connectivity index (χ2v) is 7.30. The summed E-state index contributed by atoms with van der Waals surface area (Å²) in [5, 5.41) is 3.85. The molecule has 0 bridgehead atoms. The Hall–Kier alpha value is -1.59. The summed E-state index contributed by atoms with van der Waals surface area (Å²) in [6, 6.07) is 6.93. The first-order chi connectivity index (χ1) is 12.0. The minimum absolute atomic E-state index is 0.0366. The Bertz CT molecular complexity index is 569. The normalized spacial score (nSPS) is 14.6. The molecule has 0 aromatic heterocycles. The molecule has 25 heavy (non-hydrogen) atoms. The van der Waals surface area contributed by atoms with Gasteiger partial charge in [-0.2, -0.15) is 0 Å². The first-order valence-electron chi connectivity index (χ1n) is 9.00. The van der Waals surface area contributed by atoms with Gasteiger partial charge in [-0.1, -0.05) is 25.4 Å². The van der Waals surface area contributed by atoms with E-state index < -0.39 is 0 Å². The highest BCUT2D eigenvalue weighted by molar-refractivity contribution is 6.30. The van der Waals surface area contributed by atoms with Crippen molar-refractivity contribution in [2.45, 2.75) is 26.7 Å². The maximum absolute atomic E-state index is 12.8. The maximum Gasteiger partial charge on any atom is 0.253 e. The predicted molar refractivity (Wildman–Crippen MR) is 101 cm³/mol. The smallest absolute Gasteiger partial charge is 0.253 e. The number of piperazine rings is 1. The maximum atomic E-state index is 12.8. The average molecular weight is 366 g/mol. The van der Waals surface area contributed by atoms with E-state index in [2.05, 4.69) is 19.2 Å². The fraction of sp³-hybridized carbons (Fsp3) is 0.579. The zero-order valence-electron chi connectivity index (χ0n) is 15.1. The molecule has 1 aliphatic rings. The van der Waals surface area contributed by atoms with E-state index in [1.807, 2.05) is 4.90 Å². The van der Waals surface area contributed by atoms with Crippen molar-refractivity contribution in [3.05, 3.63) is 34.9 Å². The lowest BCUT2D eigenvalue weighted by molar-refractivity contribution is -0.131. The minimum Gasteiger partial charge on any atom is -0.340 e. The SMILES string of the molecule is CC(C)CCN(CCC(=O)N1CCNCC1)C(=O)c1ccc(Cl)cc1. The van der Waals surface area contributed by atoms with E-state index >= 15 is 0 Å². The van der Waals surface area contributed by atoms with Crippen LogP contribution in [0.3, 0.4) is 0 Å². The minimum atomic E-state index is -0.0366. The fourth-order valence-electron chi connectivity index (χ4n) is 2.81. The Balaban J connectivity index is 1.97. The predicted octanol–water partition coefficient (Wildman–Crippen LogP) is 2.65. The molecule has 5 nitrogen and oxygen atoms in total. The zero-order chi connectivity index (χ0) is 18.2. The molecule has 1 saturated heterocycles. The standard InChI is InChI=1S/C19H28ClN3O2/c1-15(2)7-11-23(19(25)16-3-5-17(20)6-4-16)12-8-18(24)22-13-9-21-10-14-22/h3-6,15,21H,7-14H2,1-2H3. The molecular weight excluding hydrogens is 338 g/mol. The molecule has 1 fully saturated rings. The molecule has 1 heterocycles. The van der Waals surface area contributed by atoms with Crippen LogP contribution in [0.1, 0.15) is 37.0 Å². The van der Waals surface area contributed by atoms with Crippen molar-refractivity contribution >= 4 is 23.4 Å². The van der Waals surface area contributed by atoms with Gasteiger partial charge in [0.1, 0.15) is 0 Å². The summed E-state index contributed by atoms with van der Waals surface area (Å²) in [6.07, 6.45) is 1.29. The second-order valence-electron chi connectivity index (χ2n) is 6.86. The van der Waals surface area contributed by atoms with Gasteiger partial charge >= 0.3 is 0 Å². The number of hydrogen-bond donors (Lipinski definition) is 1. The number of nitrogens with zero attached hydrogens (tertiary/aromatic N) is 2. The zero-order valence-corrected chi connectivity index (χ0v) is 15.9. The third-order valence-corrected chi connectivity index (χ3v) is 4.67. The highest BCUT2D eigenvalue weighted by atomic mass is 35.5. The summed E-state index contributed by atoms with van der Waals surface area (Å²) in [5.74, 6) is 0.592. The topological polar surface area (TPSA) is 52.7 Å². The van der Waals surface area contributed by atoms with Gasteiger partial charge in [0.2, 0.25) is 5.91 Å². The summed E-state index contributed by atoms with van der Waals surface area (Å²) in [6.45, 7) is 8.56. The molecular formula is C19H28ClN3O2. The van der Waals surface area contributed by atoms with Gasteiger partial charge in [-0.05, 0) is 36.6 Å². The van der Waals surface area contributed by atoms with Crippen LogP contribution in [0.2, 0.25) is 5.02 Å². The molecule has 138 valence electrons. The first kappa shape index (κ1) is 19.7. The van der Waals surface area contributed by atoms with E-state index in [-0.39, 0.29) is 11.8 Å². The van der Waals surface area contributed by atoms with Crippen LogP contribution < -0.4 is 5.32 Å². The average Bonchev–Trinajstić information content (AvgIpc) is 2.62. The van der Waals surface area contributed by atoms with Crippen LogP contribution in [0.4, 0.5) is 0 Å². The lowest BCUT2D eigenvalue weighted by Gasteiger charge is -2.29. The molecule has 1 aromatic rings. The van der Waals surface area contributed by atoms with Gasteiger partial charge < -0.3 is 15.1 Å². The third kappa shape index (κ3) is 6.33. The van der Waals surface area contributed by atoms with Crippen molar-refractivity contribution in [2.75, 3.05) is 39.3 Å². The van der Waals surface area contributed by atoms with E-state index in [1.165, 1.54) is 0 Å². The van der Waals surface area contributed by atoms with Gasteiger partial charge in [0.05, 0.1) is 0 Å². The number of amides is 2. The van der Waals surface area contributed by atoms with Crippen LogP contribution in [-0.4, -0.2) is 60.9 Å². The molecule has 0 unspecified atom stereocenters. The van der Waals surface area contributed by atoms with Gasteiger partial charge in [0.15, 0.2) is 0 Å². The molecule has 2 rings (SSSR count). The molecule has 0 aliphatic carbocycles. The third-order valence-electron chi connectivity index (χ3n) is 4.42. The van der Waals surface area contributed by atoms with Crippen molar-refractivity contribution in [2.24, 2.45) is 5.92 Å². The summed E-state index contributed by atoms with van der Waals surface area (Å²) < 4.78 is 0. The monoisotopic (exact) mass is 365 g/mol. The second kappa shape index (κ2) is 9.78. The molecule has 1 aromatic carbocycles. The first-order valence-corrected chi connectivity index (χ1v) is 9.38. The summed E-state index contributed by atoms with van der Waals surface area (Å²) >= 11 is 5.91. The number of nitrogens with one attached hydrogen (secondary N) is 1. The molecule has 1 aliphatic heterocycles. The highest BCUT2D eigenvalue weighted by Crippen LogP contribution is 2.13. The number of rotatable bonds is 7. The van der Waals surface area contributed by atoms with Crippen molar-refractivity contribution in [1.29, 1.82) is 0 Å². The molecule has 0 saturated carbocycles. The highest BCUT2D eigenvalue weighted by Gasteiger charge is 2.20. The number of halogens is 1. The number of carbonyl (C=O) groups excluding carboxylic acids is 2. The van der Waals surface area contributed by atoms with Gasteiger partial charge in [-0.25, -0.2) is 0 Å². The van der Waals surface area contributed by atoms with Gasteiger partial charge in [0.25, 0.3) is 5.91 Å². The Kier molecular flexibility index (Phi) is 7.72. The molecule has 2 amide bonds. The lowest BCUT2D eigenvalue weighted by atomic mass is 10.1. The van der Waals surface area contributed by atoms with Crippen LogP contribution in [0.15, 0.2) is 24.3 Å². The molecule has 1 N–H and O–H groups in total. The molecule has 0 spiro atoms. The van der Waals surface area contributed by atoms with Crippen LogP contribution in [-0.2, 0) is 4.79 Å². The lowest BCUT2D eigenvalue weighted by Crippen LogP contribution is -2.47. The van der Waals surface area contributed by atoms with Crippen molar-refractivity contribution in [1.82, 2.24) is 15.1 Å².